The van der Waals surface area contributed by atoms with Gasteiger partial charge < -0.3 is 14.8 Å². The van der Waals surface area contributed by atoms with Crippen LogP contribution in [0.4, 0.5) is 0 Å². The molecule has 0 radical (unpaired) electrons. The third-order valence-electron chi connectivity index (χ3n) is 4.54. The van der Waals surface area contributed by atoms with Crippen LogP contribution in [0.3, 0.4) is 0 Å². The van der Waals surface area contributed by atoms with Crippen molar-refractivity contribution >= 4 is 16.8 Å². The molecule has 1 N–H and O–H groups in total. The number of pyridine rings is 1. The summed E-state index contributed by atoms with van der Waals surface area (Å²) in [4.78, 5) is 17.7. The number of carbonyl (C=O) groups is 1. The number of aromatic nitrogens is 1. The average Bonchev–Trinajstić information content (AvgIpc) is 2.70. The van der Waals surface area contributed by atoms with Gasteiger partial charge in [0.25, 0.3) is 5.91 Å². The van der Waals surface area contributed by atoms with E-state index < -0.39 is 0 Å². The summed E-state index contributed by atoms with van der Waals surface area (Å²) in [6, 6.07) is 15.5. The number of fused-ring (bicyclic) bond motifs is 1. The highest BCUT2D eigenvalue weighted by atomic mass is 16.5. The molecule has 0 saturated carbocycles. The minimum Gasteiger partial charge on any atom is -0.497 e. The lowest BCUT2D eigenvalue weighted by Crippen LogP contribution is -2.26. The topological polar surface area (TPSA) is 60.5 Å². The van der Waals surface area contributed by atoms with Gasteiger partial charge in [-0.15, -0.1) is 0 Å². The molecule has 0 fully saturated rings. The van der Waals surface area contributed by atoms with E-state index in [1.165, 1.54) is 0 Å². The monoisotopic (exact) mass is 364 g/mol. The van der Waals surface area contributed by atoms with E-state index in [9.17, 15) is 4.79 Å². The van der Waals surface area contributed by atoms with Gasteiger partial charge in [-0.1, -0.05) is 18.2 Å². The molecule has 1 amide bonds. The molecular weight excluding hydrogens is 340 g/mol. The summed E-state index contributed by atoms with van der Waals surface area (Å²) in [7, 11) is 3.30. The van der Waals surface area contributed by atoms with E-state index >= 15 is 0 Å². The molecule has 0 atom stereocenters. The molecule has 1 heterocycles. The Bertz CT molecular complexity index is 936. The first kappa shape index (κ1) is 18.9. The Hall–Kier alpha value is -2.92. The second-order valence-corrected chi connectivity index (χ2v) is 6.31. The highest BCUT2D eigenvalue weighted by Crippen LogP contribution is 2.30. The zero-order valence-corrected chi connectivity index (χ0v) is 15.9. The number of hydrogen-bond acceptors (Lipinski definition) is 4. The predicted molar refractivity (Wildman–Crippen MR) is 107 cm³/mol. The Morgan fingerprint density at radius 2 is 1.81 bits per heavy atom. The zero-order chi connectivity index (χ0) is 19.2. The normalized spacial score (nSPS) is 10.8. The van der Waals surface area contributed by atoms with Gasteiger partial charge >= 0.3 is 0 Å². The van der Waals surface area contributed by atoms with Crippen molar-refractivity contribution in [1.82, 2.24) is 10.3 Å². The predicted octanol–water partition coefficient (Wildman–Crippen LogP) is 3.99. The zero-order valence-electron chi connectivity index (χ0n) is 15.9. The van der Waals surface area contributed by atoms with Crippen LogP contribution in [-0.2, 0) is 4.74 Å². The maximum atomic E-state index is 12.9. The summed E-state index contributed by atoms with van der Waals surface area (Å²) in [5, 5.41) is 3.85. The molecule has 0 bridgehead atoms. The van der Waals surface area contributed by atoms with Gasteiger partial charge in [0.15, 0.2) is 0 Å². The molecule has 5 nitrogen and oxygen atoms in total. The molecule has 140 valence electrons. The highest BCUT2D eigenvalue weighted by Gasteiger charge is 2.18. The third kappa shape index (κ3) is 4.09. The fourth-order valence-corrected chi connectivity index (χ4v) is 3.14. The fraction of sp³-hybridized carbons (Fsp3) is 0.273. The first-order valence-corrected chi connectivity index (χ1v) is 8.96. The summed E-state index contributed by atoms with van der Waals surface area (Å²) in [5.74, 6) is 0.699. The molecule has 0 aliphatic heterocycles. The molecule has 2 aromatic carbocycles. The fourth-order valence-electron chi connectivity index (χ4n) is 3.14. The number of para-hydroxylation sites is 1. The Labute approximate surface area is 159 Å². The van der Waals surface area contributed by atoms with E-state index in [1.807, 2.05) is 55.5 Å². The number of amides is 1. The molecule has 0 unspecified atom stereocenters. The van der Waals surface area contributed by atoms with E-state index in [2.05, 4.69) is 5.32 Å². The lowest BCUT2D eigenvalue weighted by Gasteiger charge is -2.15. The molecular formula is C22H24N2O3. The van der Waals surface area contributed by atoms with Crippen LogP contribution in [0.15, 0.2) is 48.5 Å². The first-order valence-electron chi connectivity index (χ1n) is 8.96. The van der Waals surface area contributed by atoms with E-state index in [0.717, 1.165) is 39.9 Å². The summed E-state index contributed by atoms with van der Waals surface area (Å²) >= 11 is 0. The summed E-state index contributed by atoms with van der Waals surface area (Å²) in [5.41, 5.74) is 4.09. The molecule has 3 aromatic rings. The minimum absolute atomic E-state index is 0.0861. The summed E-state index contributed by atoms with van der Waals surface area (Å²) in [6.45, 7) is 3.14. The molecule has 27 heavy (non-hydrogen) atoms. The Morgan fingerprint density at radius 1 is 1.07 bits per heavy atom. The second-order valence-electron chi connectivity index (χ2n) is 6.31. The van der Waals surface area contributed by atoms with Gasteiger partial charge in [-0.05, 0) is 49.2 Å². The van der Waals surface area contributed by atoms with Crippen molar-refractivity contribution in [3.05, 3.63) is 59.7 Å². The van der Waals surface area contributed by atoms with Crippen molar-refractivity contribution in [2.75, 3.05) is 27.4 Å². The Morgan fingerprint density at radius 3 is 2.52 bits per heavy atom. The maximum absolute atomic E-state index is 12.9. The minimum atomic E-state index is -0.0861. The van der Waals surface area contributed by atoms with E-state index in [-0.39, 0.29) is 5.91 Å². The molecule has 0 aliphatic rings. The van der Waals surface area contributed by atoms with Crippen molar-refractivity contribution in [2.45, 2.75) is 13.3 Å². The lowest BCUT2D eigenvalue weighted by atomic mass is 9.97. The van der Waals surface area contributed by atoms with Crippen LogP contribution in [0.2, 0.25) is 0 Å². The summed E-state index contributed by atoms with van der Waals surface area (Å²) < 4.78 is 10.3. The van der Waals surface area contributed by atoms with Gasteiger partial charge in [0.2, 0.25) is 0 Å². The molecule has 0 saturated heterocycles. The second kappa shape index (κ2) is 8.64. The van der Waals surface area contributed by atoms with Crippen LogP contribution in [-0.4, -0.2) is 38.3 Å². The number of hydrogen-bond donors (Lipinski definition) is 1. The van der Waals surface area contributed by atoms with Crippen molar-refractivity contribution in [3.8, 4) is 17.0 Å². The molecule has 3 rings (SSSR count). The van der Waals surface area contributed by atoms with Gasteiger partial charge in [-0.25, -0.2) is 4.98 Å². The number of rotatable bonds is 7. The van der Waals surface area contributed by atoms with Crippen LogP contribution >= 0.6 is 0 Å². The number of nitrogens with one attached hydrogen (secondary N) is 1. The van der Waals surface area contributed by atoms with Crippen molar-refractivity contribution < 1.29 is 14.3 Å². The maximum Gasteiger partial charge on any atom is 0.252 e. The van der Waals surface area contributed by atoms with E-state index in [1.54, 1.807) is 14.2 Å². The smallest absolute Gasteiger partial charge is 0.252 e. The van der Waals surface area contributed by atoms with Crippen molar-refractivity contribution in [3.63, 3.8) is 0 Å². The number of nitrogens with zero attached hydrogens (tertiary/aromatic N) is 1. The highest BCUT2D eigenvalue weighted by molar-refractivity contribution is 6.08. The van der Waals surface area contributed by atoms with Gasteiger partial charge in [0, 0.05) is 31.2 Å². The number of methoxy groups -OCH3 is 2. The molecule has 0 aliphatic carbocycles. The van der Waals surface area contributed by atoms with E-state index in [4.69, 9.17) is 14.5 Å². The van der Waals surface area contributed by atoms with Gasteiger partial charge in [0.05, 0.1) is 23.9 Å². The number of carbonyl (C=O) groups excluding carboxylic acids is 1. The summed E-state index contributed by atoms with van der Waals surface area (Å²) in [6.07, 6.45) is 0.773. The van der Waals surface area contributed by atoms with Gasteiger partial charge in [0.1, 0.15) is 5.75 Å². The molecule has 0 spiro atoms. The average molecular weight is 364 g/mol. The third-order valence-corrected chi connectivity index (χ3v) is 4.54. The van der Waals surface area contributed by atoms with Crippen molar-refractivity contribution in [1.29, 1.82) is 0 Å². The van der Waals surface area contributed by atoms with Gasteiger partial charge in [-0.3, -0.25) is 4.79 Å². The van der Waals surface area contributed by atoms with Crippen LogP contribution in [0, 0.1) is 6.92 Å². The number of benzene rings is 2. The molecule has 5 heteroatoms. The van der Waals surface area contributed by atoms with Crippen LogP contribution in [0.1, 0.15) is 22.3 Å². The SMILES string of the molecule is COCCCNC(=O)c1c(C)c(-c2ccc(OC)cc2)nc2ccccc12. The van der Waals surface area contributed by atoms with Crippen LogP contribution < -0.4 is 10.1 Å². The molecule has 1 aromatic heterocycles. The number of ether oxygens (including phenoxy) is 2. The first-order chi connectivity index (χ1) is 13.2. The van der Waals surface area contributed by atoms with Crippen molar-refractivity contribution in [2.24, 2.45) is 0 Å². The lowest BCUT2D eigenvalue weighted by molar-refractivity contribution is 0.0949. The largest absolute Gasteiger partial charge is 0.497 e. The van der Waals surface area contributed by atoms with Gasteiger partial charge in [-0.2, -0.15) is 0 Å². The Balaban J connectivity index is 2.05. The standard InChI is InChI=1S/C22H24N2O3/c1-15-20(22(25)23-13-6-14-26-2)18-7-4-5-8-19(18)24-21(15)16-9-11-17(27-3)12-10-16/h4-5,7-12H,6,13-14H2,1-3H3,(H,23,25). The van der Waals surface area contributed by atoms with E-state index in [0.29, 0.717) is 18.7 Å². The van der Waals surface area contributed by atoms with Crippen LogP contribution in [0.25, 0.3) is 22.2 Å². The van der Waals surface area contributed by atoms with Crippen LogP contribution in [0.5, 0.6) is 5.75 Å². The quantitative estimate of drug-likeness (QED) is 0.644. The Kier molecular flexibility index (Phi) is 6.04.